The molecule has 0 aromatic heterocycles. The maximum Gasteiger partial charge on any atom is 0.130 e. The molecule has 2 saturated carbocycles. The molecule has 0 heterocycles. The van der Waals surface area contributed by atoms with Gasteiger partial charge >= 0.3 is 0 Å². The van der Waals surface area contributed by atoms with Crippen LogP contribution in [0.1, 0.15) is 80.9 Å². The SMILES string of the molecule is Cc1ccc(Oc2ccc(C3CCC(C4CCC(C)CC4)CC3)cc2)c(C)c1. The highest BCUT2D eigenvalue weighted by Gasteiger charge is 2.30. The highest BCUT2D eigenvalue weighted by Crippen LogP contribution is 2.44. The first-order valence-electron chi connectivity index (χ1n) is 11.4. The molecule has 0 amide bonds. The molecular weight excluding hydrogens is 340 g/mol. The molecule has 2 aromatic carbocycles. The zero-order valence-corrected chi connectivity index (χ0v) is 17.9. The van der Waals surface area contributed by atoms with Gasteiger partial charge in [-0.1, -0.05) is 49.6 Å². The highest BCUT2D eigenvalue weighted by atomic mass is 16.5. The molecule has 2 fully saturated rings. The first-order chi connectivity index (χ1) is 13.6. The van der Waals surface area contributed by atoms with Gasteiger partial charge in [0.05, 0.1) is 0 Å². The van der Waals surface area contributed by atoms with Gasteiger partial charge in [-0.25, -0.2) is 0 Å². The van der Waals surface area contributed by atoms with Crippen molar-refractivity contribution < 1.29 is 4.74 Å². The lowest BCUT2D eigenvalue weighted by Crippen LogP contribution is -2.24. The summed E-state index contributed by atoms with van der Waals surface area (Å²) in [7, 11) is 0. The van der Waals surface area contributed by atoms with Gasteiger partial charge in [0, 0.05) is 0 Å². The minimum Gasteiger partial charge on any atom is -0.457 e. The third-order valence-corrected chi connectivity index (χ3v) is 7.41. The summed E-state index contributed by atoms with van der Waals surface area (Å²) in [6.07, 6.45) is 11.5. The molecule has 1 nitrogen and oxygen atoms in total. The fraction of sp³-hybridized carbons (Fsp3) is 0.556. The highest BCUT2D eigenvalue weighted by molar-refractivity contribution is 5.40. The summed E-state index contributed by atoms with van der Waals surface area (Å²) in [5.41, 5.74) is 3.97. The maximum absolute atomic E-state index is 6.11. The molecule has 2 aliphatic rings. The van der Waals surface area contributed by atoms with Crippen molar-refractivity contribution >= 4 is 0 Å². The normalized spacial score (nSPS) is 28.1. The third-order valence-electron chi connectivity index (χ3n) is 7.41. The van der Waals surface area contributed by atoms with E-state index in [9.17, 15) is 0 Å². The lowest BCUT2D eigenvalue weighted by molar-refractivity contribution is 0.165. The van der Waals surface area contributed by atoms with Crippen LogP contribution in [0.3, 0.4) is 0 Å². The Morgan fingerprint density at radius 3 is 1.93 bits per heavy atom. The summed E-state index contributed by atoms with van der Waals surface area (Å²) < 4.78 is 6.11. The molecule has 2 aromatic rings. The Balaban J connectivity index is 1.32. The predicted molar refractivity (Wildman–Crippen MR) is 118 cm³/mol. The van der Waals surface area contributed by atoms with Crippen LogP contribution in [0.25, 0.3) is 0 Å². The largest absolute Gasteiger partial charge is 0.457 e. The molecule has 0 unspecified atom stereocenters. The quantitative estimate of drug-likeness (QED) is 0.522. The third kappa shape index (κ3) is 4.62. The van der Waals surface area contributed by atoms with Crippen molar-refractivity contribution in [3.8, 4) is 11.5 Å². The van der Waals surface area contributed by atoms with Crippen molar-refractivity contribution in [2.24, 2.45) is 17.8 Å². The van der Waals surface area contributed by atoms with Gasteiger partial charge in [0.2, 0.25) is 0 Å². The van der Waals surface area contributed by atoms with Crippen LogP contribution in [0.4, 0.5) is 0 Å². The molecule has 0 atom stereocenters. The zero-order valence-electron chi connectivity index (χ0n) is 17.9. The molecule has 0 N–H and O–H groups in total. The van der Waals surface area contributed by atoms with Crippen molar-refractivity contribution in [3.63, 3.8) is 0 Å². The minimum absolute atomic E-state index is 0.744. The summed E-state index contributed by atoms with van der Waals surface area (Å²) in [5, 5.41) is 0. The van der Waals surface area contributed by atoms with Crippen molar-refractivity contribution in [3.05, 3.63) is 59.2 Å². The van der Waals surface area contributed by atoms with E-state index in [-0.39, 0.29) is 0 Å². The number of aryl methyl sites for hydroxylation is 2. The number of benzene rings is 2. The lowest BCUT2D eigenvalue weighted by atomic mass is 9.68. The molecule has 0 aliphatic heterocycles. The van der Waals surface area contributed by atoms with E-state index in [4.69, 9.17) is 4.74 Å². The Hall–Kier alpha value is -1.76. The smallest absolute Gasteiger partial charge is 0.130 e. The molecule has 2 aliphatic carbocycles. The Morgan fingerprint density at radius 1 is 0.714 bits per heavy atom. The second kappa shape index (κ2) is 8.72. The van der Waals surface area contributed by atoms with E-state index in [0.29, 0.717) is 0 Å². The molecule has 1 heteroatoms. The van der Waals surface area contributed by atoms with E-state index >= 15 is 0 Å². The second-order valence-electron chi connectivity index (χ2n) is 9.57. The Kier molecular flexibility index (Phi) is 6.09. The Labute approximate surface area is 171 Å². The van der Waals surface area contributed by atoms with Crippen LogP contribution >= 0.6 is 0 Å². The molecular formula is C27H36O. The van der Waals surface area contributed by atoms with Crippen molar-refractivity contribution in [1.29, 1.82) is 0 Å². The number of hydrogen-bond donors (Lipinski definition) is 0. The first kappa shape index (κ1) is 19.6. The van der Waals surface area contributed by atoms with E-state index < -0.39 is 0 Å². The van der Waals surface area contributed by atoms with E-state index in [1.165, 1.54) is 68.1 Å². The molecule has 28 heavy (non-hydrogen) atoms. The van der Waals surface area contributed by atoms with Crippen LogP contribution in [-0.2, 0) is 0 Å². The van der Waals surface area contributed by atoms with Crippen molar-refractivity contribution in [2.75, 3.05) is 0 Å². The van der Waals surface area contributed by atoms with E-state index in [1.807, 2.05) is 0 Å². The minimum atomic E-state index is 0.744. The summed E-state index contributed by atoms with van der Waals surface area (Å²) >= 11 is 0. The van der Waals surface area contributed by atoms with Crippen LogP contribution in [0.2, 0.25) is 0 Å². The van der Waals surface area contributed by atoms with Gasteiger partial charge in [-0.3, -0.25) is 0 Å². The number of hydrogen-bond acceptors (Lipinski definition) is 1. The van der Waals surface area contributed by atoms with Crippen LogP contribution < -0.4 is 4.74 Å². The predicted octanol–water partition coefficient (Wildman–Crippen LogP) is 8.20. The van der Waals surface area contributed by atoms with E-state index in [0.717, 1.165) is 35.2 Å². The molecule has 150 valence electrons. The van der Waals surface area contributed by atoms with Crippen LogP contribution in [0, 0.1) is 31.6 Å². The average molecular weight is 377 g/mol. The molecule has 0 spiro atoms. The fourth-order valence-corrected chi connectivity index (χ4v) is 5.53. The van der Waals surface area contributed by atoms with E-state index in [1.54, 1.807) is 0 Å². The molecule has 4 rings (SSSR count). The van der Waals surface area contributed by atoms with Gasteiger partial charge in [-0.2, -0.15) is 0 Å². The topological polar surface area (TPSA) is 9.23 Å². The van der Waals surface area contributed by atoms with Gasteiger partial charge in [0.25, 0.3) is 0 Å². The van der Waals surface area contributed by atoms with Crippen LogP contribution in [0.5, 0.6) is 11.5 Å². The van der Waals surface area contributed by atoms with E-state index in [2.05, 4.69) is 63.2 Å². The van der Waals surface area contributed by atoms with Gasteiger partial charge in [-0.15, -0.1) is 0 Å². The summed E-state index contributed by atoms with van der Waals surface area (Å²) in [4.78, 5) is 0. The number of ether oxygens (including phenoxy) is 1. The summed E-state index contributed by atoms with van der Waals surface area (Å²) in [5.74, 6) is 5.63. The monoisotopic (exact) mass is 376 g/mol. The van der Waals surface area contributed by atoms with Gasteiger partial charge in [0.15, 0.2) is 0 Å². The average Bonchev–Trinajstić information content (AvgIpc) is 2.71. The zero-order chi connectivity index (χ0) is 19.5. The molecule has 0 radical (unpaired) electrons. The second-order valence-corrected chi connectivity index (χ2v) is 9.57. The standard InChI is InChI=1S/C27H36O/c1-19-4-7-22(8-5-19)23-9-11-24(12-10-23)25-13-15-26(16-14-25)28-27-17-6-20(2)18-21(27)3/h6,13-19,22-24H,4-5,7-12H2,1-3H3. The maximum atomic E-state index is 6.11. The van der Waals surface area contributed by atoms with Crippen LogP contribution in [-0.4, -0.2) is 0 Å². The number of rotatable bonds is 4. The van der Waals surface area contributed by atoms with Crippen LogP contribution in [0.15, 0.2) is 42.5 Å². The molecule has 0 bridgehead atoms. The van der Waals surface area contributed by atoms with Crippen molar-refractivity contribution in [1.82, 2.24) is 0 Å². The van der Waals surface area contributed by atoms with Crippen molar-refractivity contribution in [2.45, 2.75) is 78.1 Å². The summed E-state index contributed by atoms with van der Waals surface area (Å²) in [6, 6.07) is 15.3. The van der Waals surface area contributed by atoms with Gasteiger partial charge in [-0.05, 0) is 105 Å². The Morgan fingerprint density at radius 2 is 1.32 bits per heavy atom. The molecule has 0 saturated heterocycles. The van der Waals surface area contributed by atoms with Gasteiger partial charge in [0.1, 0.15) is 11.5 Å². The fourth-order valence-electron chi connectivity index (χ4n) is 5.53. The Bertz CT molecular complexity index is 759. The summed E-state index contributed by atoms with van der Waals surface area (Å²) in [6.45, 7) is 6.66. The lowest BCUT2D eigenvalue weighted by Gasteiger charge is -2.37. The van der Waals surface area contributed by atoms with Gasteiger partial charge < -0.3 is 4.74 Å². The first-order valence-corrected chi connectivity index (χ1v) is 11.4.